The van der Waals surface area contributed by atoms with Crippen LogP contribution in [0.2, 0.25) is 0 Å². The molecular weight excluding hydrogens is 256 g/mol. The Morgan fingerprint density at radius 3 is 2.85 bits per heavy atom. The summed E-state index contributed by atoms with van der Waals surface area (Å²) >= 11 is 0. The number of benzene rings is 1. The Morgan fingerprint density at radius 2 is 2.10 bits per heavy atom. The van der Waals surface area contributed by atoms with Crippen molar-refractivity contribution in [2.45, 2.75) is 19.6 Å². The van der Waals surface area contributed by atoms with E-state index >= 15 is 0 Å². The molecule has 0 atom stereocenters. The zero-order chi connectivity index (χ0) is 13.9. The predicted octanol–water partition coefficient (Wildman–Crippen LogP) is 1.91. The first-order valence-corrected chi connectivity index (χ1v) is 6.42. The van der Waals surface area contributed by atoms with Crippen LogP contribution in [0.3, 0.4) is 0 Å². The zero-order valence-electron chi connectivity index (χ0n) is 11.2. The molecule has 0 amide bonds. The molecule has 20 heavy (non-hydrogen) atoms. The summed E-state index contributed by atoms with van der Waals surface area (Å²) in [4.78, 5) is 6.24. The van der Waals surface area contributed by atoms with Gasteiger partial charge in [0.05, 0.1) is 19.6 Å². The van der Waals surface area contributed by atoms with Gasteiger partial charge in [-0.25, -0.2) is 0 Å². The van der Waals surface area contributed by atoms with E-state index in [2.05, 4.69) is 15.0 Å². The second-order valence-electron chi connectivity index (χ2n) is 4.73. The molecule has 6 heteroatoms. The number of fused-ring (bicyclic) bond motifs is 1. The van der Waals surface area contributed by atoms with E-state index in [0.29, 0.717) is 24.8 Å². The molecule has 6 nitrogen and oxygen atoms in total. The van der Waals surface area contributed by atoms with Crippen molar-refractivity contribution in [2.24, 2.45) is 5.73 Å². The number of para-hydroxylation sites is 1. The fraction of sp³-hybridized carbons (Fsp3) is 0.286. The van der Waals surface area contributed by atoms with Gasteiger partial charge >= 0.3 is 0 Å². The smallest absolute Gasteiger partial charge is 0.240 e. The van der Waals surface area contributed by atoms with Crippen LogP contribution in [0, 0.1) is 0 Å². The molecular formula is C14H16N4O2. The Labute approximate surface area is 116 Å². The predicted molar refractivity (Wildman–Crippen MR) is 73.6 cm³/mol. The van der Waals surface area contributed by atoms with Crippen molar-refractivity contribution in [2.75, 3.05) is 7.05 Å². The molecule has 2 aromatic heterocycles. The normalized spacial score (nSPS) is 11.6. The average Bonchev–Trinajstić information content (AvgIpc) is 3.04. The van der Waals surface area contributed by atoms with Gasteiger partial charge in [0.2, 0.25) is 5.89 Å². The van der Waals surface area contributed by atoms with Crippen molar-refractivity contribution < 1.29 is 8.94 Å². The van der Waals surface area contributed by atoms with Crippen molar-refractivity contribution in [1.29, 1.82) is 0 Å². The molecule has 0 aliphatic heterocycles. The quantitative estimate of drug-likeness (QED) is 0.764. The molecule has 0 saturated carbocycles. The molecule has 2 heterocycles. The van der Waals surface area contributed by atoms with Crippen LogP contribution in [0.5, 0.6) is 0 Å². The van der Waals surface area contributed by atoms with Gasteiger partial charge in [-0.15, -0.1) is 0 Å². The second-order valence-corrected chi connectivity index (χ2v) is 4.73. The van der Waals surface area contributed by atoms with Gasteiger partial charge in [-0.05, 0) is 19.2 Å². The highest BCUT2D eigenvalue weighted by Gasteiger charge is 2.10. The molecule has 1 aromatic carbocycles. The van der Waals surface area contributed by atoms with Gasteiger partial charge in [0, 0.05) is 5.39 Å². The lowest BCUT2D eigenvalue weighted by atomic mass is 10.2. The Kier molecular flexibility index (Phi) is 3.49. The SMILES string of the molecule is CN(Cc1noc(CN)n1)Cc1cc2ccccc2o1. The van der Waals surface area contributed by atoms with Crippen molar-refractivity contribution in [1.82, 2.24) is 15.0 Å². The third kappa shape index (κ3) is 2.71. The topological polar surface area (TPSA) is 81.3 Å². The second kappa shape index (κ2) is 5.44. The Morgan fingerprint density at radius 1 is 1.25 bits per heavy atom. The molecule has 0 fully saturated rings. The zero-order valence-corrected chi connectivity index (χ0v) is 11.2. The molecule has 0 spiro atoms. The van der Waals surface area contributed by atoms with Crippen LogP contribution in [0.15, 0.2) is 39.3 Å². The van der Waals surface area contributed by atoms with E-state index in [-0.39, 0.29) is 6.54 Å². The van der Waals surface area contributed by atoms with Crippen LogP contribution in [0.25, 0.3) is 11.0 Å². The van der Waals surface area contributed by atoms with Gasteiger partial charge in [-0.2, -0.15) is 4.98 Å². The van der Waals surface area contributed by atoms with Crippen LogP contribution >= 0.6 is 0 Å². The lowest BCUT2D eigenvalue weighted by molar-refractivity contribution is 0.278. The first-order valence-electron chi connectivity index (χ1n) is 6.42. The molecule has 0 unspecified atom stereocenters. The summed E-state index contributed by atoms with van der Waals surface area (Å²) in [6.07, 6.45) is 0. The molecule has 0 bridgehead atoms. The molecule has 0 saturated heterocycles. The number of rotatable bonds is 5. The molecule has 3 rings (SSSR count). The van der Waals surface area contributed by atoms with E-state index in [4.69, 9.17) is 14.7 Å². The van der Waals surface area contributed by atoms with E-state index in [1.54, 1.807) is 0 Å². The third-order valence-electron chi connectivity index (χ3n) is 3.00. The standard InChI is InChI=1S/C14H16N4O2/c1-18(9-13-16-14(7-15)20-17-13)8-11-6-10-4-2-3-5-12(10)19-11/h2-6H,7-9,15H2,1H3. The van der Waals surface area contributed by atoms with Crippen molar-refractivity contribution in [3.8, 4) is 0 Å². The summed E-state index contributed by atoms with van der Waals surface area (Å²) in [5.41, 5.74) is 6.34. The summed E-state index contributed by atoms with van der Waals surface area (Å²) in [5, 5.41) is 4.98. The van der Waals surface area contributed by atoms with Crippen LogP contribution in [0.1, 0.15) is 17.5 Å². The van der Waals surface area contributed by atoms with E-state index in [0.717, 1.165) is 16.7 Å². The molecule has 0 aliphatic rings. The minimum atomic E-state index is 0.264. The highest BCUT2D eigenvalue weighted by atomic mass is 16.5. The molecule has 0 aliphatic carbocycles. The minimum Gasteiger partial charge on any atom is -0.460 e. The monoisotopic (exact) mass is 272 g/mol. The highest BCUT2D eigenvalue weighted by molar-refractivity contribution is 5.77. The van der Waals surface area contributed by atoms with Gasteiger partial charge in [0.1, 0.15) is 11.3 Å². The summed E-state index contributed by atoms with van der Waals surface area (Å²) in [6.45, 7) is 1.53. The number of hydrogen-bond acceptors (Lipinski definition) is 6. The number of nitrogens with zero attached hydrogens (tertiary/aromatic N) is 3. The Hall–Kier alpha value is -2.18. The van der Waals surface area contributed by atoms with Crippen molar-refractivity contribution in [3.05, 3.63) is 47.8 Å². The summed E-state index contributed by atoms with van der Waals surface area (Å²) < 4.78 is 10.8. The highest BCUT2D eigenvalue weighted by Crippen LogP contribution is 2.19. The molecule has 0 radical (unpaired) electrons. The Bertz CT molecular complexity index is 671. The number of nitrogens with two attached hydrogens (primary N) is 1. The number of hydrogen-bond donors (Lipinski definition) is 1. The van der Waals surface area contributed by atoms with Crippen molar-refractivity contribution >= 4 is 11.0 Å². The Balaban J connectivity index is 1.67. The minimum absolute atomic E-state index is 0.264. The van der Waals surface area contributed by atoms with Crippen LogP contribution in [0.4, 0.5) is 0 Å². The van der Waals surface area contributed by atoms with Gasteiger partial charge in [-0.3, -0.25) is 4.90 Å². The fourth-order valence-electron chi connectivity index (χ4n) is 2.12. The largest absolute Gasteiger partial charge is 0.460 e. The first kappa shape index (κ1) is 12.8. The summed E-state index contributed by atoms with van der Waals surface area (Å²) in [6, 6.07) is 10.0. The maximum Gasteiger partial charge on any atom is 0.240 e. The lowest BCUT2D eigenvalue weighted by Gasteiger charge is -2.11. The molecule has 3 aromatic rings. The summed E-state index contributed by atoms with van der Waals surface area (Å²) in [7, 11) is 1.98. The summed E-state index contributed by atoms with van der Waals surface area (Å²) in [5.74, 6) is 2.00. The van der Waals surface area contributed by atoms with E-state index in [1.165, 1.54) is 0 Å². The van der Waals surface area contributed by atoms with Crippen molar-refractivity contribution in [3.63, 3.8) is 0 Å². The lowest BCUT2D eigenvalue weighted by Crippen LogP contribution is -2.17. The van der Waals surface area contributed by atoms with Crippen LogP contribution in [-0.2, 0) is 19.6 Å². The maximum absolute atomic E-state index is 5.78. The van der Waals surface area contributed by atoms with Gasteiger partial charge < -0.3 is 14.7 Å². The van der Waals surface area contributed by atoms with Crippen LogP contribution in [-0.4, -0.2) is 22.1 Å². The van der Waals surface area contributed by atoms with Gasteiger partial charge in [0.15, 0.2) is 5.82 Å². The van der Waals surface area contributed by atoms with Crippen LogP contribution < -0.4 is 5.73 Å². The number of aromatic nitrogens is 2. The number of furan rings is 1. The third-order valence-corrected chi connectivity index (χ3v) is 3.00. The van der Waals surface area contributed by atoms with E-state index in [1.807, 2.05) is 37.4 Å². The van der Waals surface area contributed by atoms with E-state index in [9.17, 15) is 0 Å². The fourth-order valence-corrected chi connectivity index (χ4v) is 2.12. The average molecular weight is 272 g/mol. The molecule has 104 valence electrons. The van der Waals surface area contributed by atoms with E-state index < -0.39 is 0 Å². The first-order chi connectivity index (χ1) is 9.74. The maximum atomic E-state index is 5.78. The van der Waals surface area contributed by atoms with Gasteiger partial charge in [-0.1, -0.05) is 23.4 Å². The van der Waals surface area contributed by atoms with Gasteiger partial charge in [0.25, 0.3) is 0 Å². The molecule has 2 N–H and O–H groups in total.